The Bertz CT molecular complexity index is 306. The van der Waals surface area contributed by atoms with Crippen molar-refractivity contribution >= 4 is 6.03 Å². The molecule has 98 valence electrons. The van der Waals surface area contributed by atoms with Crippen molar-refractivity contribution in [2.75, 3.05) is 27.2 Å². The molecule has 0 bridgehead atoms. The molecule has 6 heteroatoms. The average molecular weight is 244 g/mol. The van der Waals surface area contributed by atoms with Gasteiger partial charge < -0.3 is 24.4 Å². The first-order valence-corrected chi connectivity index (χ1v) is 5.81. The number of carbonyl (C=O) groups is 1. The zero-order chi connectivity index (χ0) is 12.6. The van der Waals surface area contributed by atoms with E-state index in [0.717, 1.165) is 0 Å². The van der Waals surface area contributed by atoms with Crippen LogP contribution in [-0.2, 0) is 14.2 Å². The Morgan fingerprint density at radius 2 is 2.12 bits per heavy atom. The highest BCUT2D eigenvalue weighted by Gasteiger charge is 2.49. The molecular weight excluding hydrogens is 224 g/mol. The fourth-order valence-electron chi connectivity index (χ4n) is 2.14. The van der Waals surface area contributed by atoms with Crippen LogP contribution in [0.1, 0.15) is 13.8 Å². The van der Waals surface area contributed by atoms with Gasteiger partial charge in [0.2, 0.25) is 0 Å². The highest BCUT2D eigenvalue weighted by molar-refractivity contribution is 5.73. The predicted octanol–water partition coefficient (Wildman–Crippen LogP) is 0.177. The maximum Gasteiger partial charge on any atom is 0.316 e. The van der Waals surface area contributed by atoms with Gasteiger partial charge in [0.25, 0.3) is 0 Å². The molecule has 2 heterocycles. The zero-order valence-corrected chi connectivity index (χ0v) is 10.7. The number of urea groups is 1. The van der Waals surface area contributed by atoms with Crippen LogP contribution in [0.15, 0.2) is 0 Å². The fraction of sp³-hybridized carbons (Fsp3) is 0.909. The van der Waals surface area contributed by atoms with Crippen LogP contribution in [0.2, 0.25) is 0 Å². The van der Waals surface area contributed by atoms with Crippen LogP contribution in [0.25, 0.3) is 0 Å². The number of ether oxygens (including phenoxy) is 3. The van der Waals surface area contributed by atoms with Gasteiger partial charge in [-0.3, -0.25) is 0 Å². The summed E-state index contributed by atoms with van der Waals surface area (Å²) < 4.78 is 17.0. The summed E-state index contributed by atoms with van der Waals surface area (Å²) in [5.74, 6) is -0.553. The van der Waals surface area contributed by atoms with Gasteiger partial charge in [-0.15, -0.1) is 0 Å². The van der Waals surface area contributed by atoms with Crippen molar-refractivity contribution in [2.45, 2.75) is 37.9 Å². The molecule has 0 aromatic rings. The monoisotopic (exact) mass is 244 g/mol. The van der Waals surface area contributed by atoms with Crippen molar-refractivity contribution in [3.63, 3.8) is 0 Å². The van der Waals surface area contributed by atoms with Crippen molar-refractivity contribution in [2.24, 2.45) is 0 Å². The summed E-state index contributed by atoms with van der Waals surface area (Å²) >= 11 is 0. The molecule has 3 atom stereocenters. The van der Waals surface area contributed by atoms with Crippen LogP contribution in [0.4, 0.5) is 4.79 Å². The van der Waals surface area contributed by atoms with E-state index in [9.17, 15) is 4.79 Å². The molecule has 1 N–H and O–H groups in total. The molecule has 2 aliphatic rings. The van der Waals surface area contributed by atoms with E-state index in [1.54, 1.807) is 14.1 Å². The van der Waals surface area contributed by atoms with Gasteiger partial charge in [0.1, 0.15) is 18.3 Å². The number of nitrogens with zero attached hydrogens (tertiary/aromatic N) is 1. The molecule has 0 aromatic carbocycles. The molecule has 0 saturated carbocycles. The van der Waals surface area contributed by atoms with Crippen molar-refractivity contribution in [1.82, 2.24) is 10.2 Å². The molecule has 2 fully saturated rings. The predicted molar refractivity (Wildman–Crippen MR) is 60.7 cm³/mol. The van der Waals surface area contributed by atoms with Crippen molar-refractivity contribution in [3.05, 3.63) is 0 Å². The maximum absolute atomic E-state index is 11.4. The Kier molecular flexibility index (Phi) is 3.29. The summed E-state index contributed by atoms with van der Waals surface area (Å²) in [6, 6.07) is -0.129. The number of rotatable bonds is 2. The first-order chi connectivity index (χ1) is 7.89. The molecule has 17 heavy (non-hydrogen) atoms. The van der Waals surface area contributed by atoms with Gasteiger partial charge in [0.15, 0.2) is 5.79 Å². The Morgan fingerprint density at radius 1 is 1.41 bits per heavy atom. The Morgan fingerprint density at radius 3 is 2.76 bits per heavy atom. The van der Waals surface area contributed by atoms with Crippen LogP contribution in [0.5, 0.6) is 0 Å². The van der Waals surface area contributed by atoms with Crippen molar-refractivity contribution in [1.29, 1.82) is 0 Å². The van der Waals surface area contributed by atoms with Gasteiger partial charge in [-0.05, 0) is 13.8 Å². The molecule has 2 saturated heterocycles. The summed E-state index contributed by atoms with van der Waals surface area (Å²) in [6.07, 6.45) is -0.246. The lowest BCUT2D eigenvalue weighted by atomic mass is 10.1. The Balaban J connectivity index is 1.85. The average Bonchev–Trinajstić information content (AvgIpc) is 2.70. The lowest BCUT2D eigenvalue weighted by Gasteiger charge is -2.22. The van der Waals surface area contributed by atoms with E-state index in [2.05, 4.69) is 5.32 Å². The molecule has 0 radical (unpaired) electrons. The lowest BCUT2D eigenvalue weighted by molar-refractivity contribution is -0.174. The minimum absolute atomic E-state index is 0.0220. The van der Waals surface area contributed by atoms with Crippen molar-refractivity contribution in [3.8, 4) is 0 Å². The van der Waals surface area contributed by atoms with Crippen LogP contribution < -0.4 is 5.32 Å². The number of fused-ring (bicyclic) bond motifs is 1. The third-order valence-corrected chi connectivity index (χ3v) is 2.92. The normalized spacial score (nSPS) is 34.5. The molecule has 0 aromatic heterocycles. The van der Waals surface area contributed by atoms with E-state index >= 15 is 0 Å². The van der Waals surface area contributed by atoms with E-state index in [1.165, 1.54) is 4.90 Å². The molecule has 0 aliphatic carbocycles. The van der Waals surface area contributed by atoms with Crippen LogP contribution in [0.3, 0.4) is 0 Å². The number of hydrogen-bond donors (Lipinski definition) is 1. The van der Waals surface area contributed by atoms with E-state index in [4.69, 9.17) is 14.2 Å². The SMILES string of the molecule is CN(C)C(=O)NC[C@H]1OC[C@H]2OC(C)(C)O[C@@H]12. The molecule has 6 nitrogen and oxygen atoms in total. The Hall–Kier alpha value is -0.850. The first kappa shape index (κ1) is 12.6. The Labute approximate surface area is 101 Å². The van der Waals surface area contributed by atoms with Gasteiger partial charge in [-0.25, -0.2) is 4.79 Å². The molecule has 2 amide bonds. The van der Waals surface area contributed by atoms with Crippen LogP contribution in [0, 0.1) is 0 Å². The van der Waals surface area contributed by atoms with E-state index in [0.29, 0.717) is 13.2 Å². The highest BCUT2D eigenvalue weighted by atomic mass is 16.8. The summed E-state index contributed by atoms with van der Waals surface area (Å²) in [5, 5.41) is 2.79. The van der Waals surface area contributed by atoms with Gasteiger partial charge >= 0.3 is 6.03 Å². The van der Waals surface area contributed by atoms with Crippen molar-refractivity contribution < 1.29 is 19.0 Å². The minimum Gasteiger partial charge on any atom is -0.371 e. The van der Waals surface area contributed by atoms with E-state index < -0.39 is 5.79 Å². The lowest BCUT2D eigenvalue weighted by Crippen LogP contribution is -2.43. The minimum atomic E-state index is -0.553. The van der Waals surface area contributed by atoms with Gasteiger partial charge in [-0.1, -0.05) is 0 Å². The second-order valence-corrected chi connectivity index (χ2v) is 5.09. The largest absolute Gasteiger partial charge is 0.371 e. The first-order valence-electron chi connectivity index (χ1n) is 5.81. The van der Waals surface area contributed by atoms with Gasteiger partial charge in [0, 0.05) is 20.6 Å². The second kappa shape index (κ2) is 4.44. The van der Waals surface area contributed by atoms with E-state index in [-0.39, 0.29) is 24.3 Å². The summed E-state index contributed by atoms with van der Waals surface area (Å²) in [7, 11) is 3.40. The molecule has 0 spiro atoms. The third kappa shape index (κ3) is 2.70. The maximum atomic E-state index is 11.4. The fourth-order valence-corrected chi connectivity index (χ4v) is 2.14. The summed E-state index contributed by atoms with van der Waals surface area (Å²) in [5.41, 5.74) is 0. The number of amides is 2. The molecular formula is C11H20N2O4. The standard InChI is InChI=1S/C11H20N2O4/c1-11(2)16-8-6-15-7(9(8)17-11)5-12-10(14)13(3)4/h7-9H,5-6H2,1-4H3,(H,12,14)/t7-,8-,9+/m1/s1. The quantitative estimate of drug-likeness (QED) is 0.752. The topological polar surface area (TPSA) is 60.0 Å². The van der Waals surface area contributed by atoms with Gasteiger partial charge in [0.05, 0.1) is 6.61 Å². The second-order valence-electron chi connectivity index (χ2n) is 5.09. The molecule has 2 aliphatic heterocycles. The van der Waals surface area contributed by atoms with Crippen LogP contribution in [-0.4, -0.2) is 62.3 Å². The number of hydrogen-bond acceptors (Lipinski definition) is 4. The van der Waals surface area contributed by atoms with Crippen LogP contribution >= 0.6 is 0 Å². The summed E-state index contributed by atoms with van der Waals surface area (Å²) in [6.45, 7) is 4.75. The highest BCUT2D eigenvalue weighted by Crippen LogP contribution is 2.34. The third-order valence-electron chi connectivity index (χ3n) is 2.92. The molecule has 0 unspecified atom stereocenters. The number of carbonyl (C=O) groups excluding carboxylic acids is 1. The summed E-state index contributed by atoms with van der Waals surface area (Å²) in [4.78, 5) is 12.9. The number of nitrogens with one attached hydrogen (secondary N) is 1. The van der Waals surface area contributed by atoms with E-state index in [1.807, 2.05) is 13.8 Å². The zero-order valence-electron chi connectivity index (χ0n) is 10.7. The molecule has 2 rings (SSSR count). The smallest absolute Gasteiger partial charge is 0.316 e. The van der Waals surface area contributed by atoms with Gasteiger partial charge in [-0.2, -0.15) is 0 Å².